The van der Waals surface area contributed by atoms with Gasteiger partial charge >= 0.3 is 0 Å². The van der Waals surface area contributed by atoms with Crippen molar-refractivity contribution in [2.24, 2.45) is 0 Å². The minimum atomic E-state index is -4.07. The molecular weight excluding hydrogens is 224 g/mol. The minimum Gasteiger partial charge on any atom is -0.282 e. The maximum Gasteiger partial charge on any atom is 0.294 e. The SMILES string of the molecule is O=S(=O)(O)c1ccc(CCCCl)cc1. The number of alkyl halides is 1. The summed E-state index contributed by atoms with van der Waals surface area (Å²) in [7, 11) is -4.07. The highest BCUT2D eigenvalue weighted by atomic mass is 35.5. The van der Waals surface area contributed by atoms with Crippen LogP contribution in [0.2, 0.25) is 0 Å². The Bertz CT molecular complexity index is 383. The summed E-state index contributed by atoms with van der Waals surface area (Å²) in [5.74, 6) is 0.583. The number of rotatable bonds is 4. The molecule has 1 rings (SSSR count). The Morgan fingerprint density at radius 1 is 1.21 bits per heavy atom. The Kier molecular flexibility index (Phi) is 3.92. The highest BCUT2D eigenvalue weighted by Gasteiger charge is 2.07. The molecular formula is C9H11ClO3S. The van der Waals surface area contributed by atoms with Gasteiger partial charge in [-0.05, 0) is 30.5 Å². The molecule has 0 aliphatic rings. The molecule has 3 nitrogen and oxygen atoms in total. The molecule has 0 aliphatic heterocycles. The van der Waals surface area contributed by atoms with Gasteiger partial charge in [0.25, 0.3) is 10.1 Å². The molecule has 0 spiro atoms. The van der Waals surface area contributed by atoms with Gasteiger partial charge in [-0.3, -0.25) is 4.55 Å². The number of halogens is 1. The van der Waals surface area contributed by atoms with Crippen LogP contribution in [0, 0.1) is 0 Å². The fourth-order valence-corrected chi connectivity index (χ4v) is 1.71. The molecule has 14 heavy (non-hydrogen) atoms. The van der Waals surface area contributed by atoms with E-state index in [0.29, 0.717) is 5.88 Å². The fraction of sp³-hybridized carbons (Fsp3) is 0.333. The van der Waals surface area contributed by atoms with Crippen molar-refractivity contribution < 1.29 is 13.0 Å². The average Bonchev–Trinajstić information content (AvgIpc) is 2.14. The third-order valence-corrected chi connectivity index (χ3v) is 2.96. The topological polar surface area (TPSA) is 54.4 Å². The van der Waals surface area contributed by atoms with Crippen LogP contribution in [0.15, 0.2) is 29.2 Å². The fourth-order valence-electron chi connectivity index (χ4n) is 1.10. The van der Waals surface area contributed by atoms with Gasteiger partial charge in [-0.2, -0.15) is 8.42 Å². The maximum absolute atomic E-state index is 10.7. The van der Waals surface area contributed by atoms with Crippen LogP contribution < -0.4 is 0 Å². The summed E-state index contributed by atoms with van der Waals surface area (Å²) in [5, 5.41) is 0. The Morgan fingerprint density at radius 2 is 1.79 bits per heavy atom. The van der Waals surface area contributed by atoms with E-state index in [1.54, 1.807) is 12.1 Å². The van der Waals surface area contributed by atoms with Gasteiger partial charge in [0, 0.05) is 5.88 Å². The lowest BCUT2D eigenvalue weighted by Gasteiger charge is -2.00. The largest absolute Gasteiger partial charge is 0.294 e. The highest BCUT2D eigenvalue weighted by Crippen LogP contribution is 2.11. The van der Waals surface area contributed by atoms with Crippen molar-refractivity contribution >= 4 is 21.7 Å². The van der Waals surface area contributed by atoms with Gasteiger partial charge in [-0.1, -0.05) is 12.1 Å². The first kappa shape index (κ1) is 11.5. The van der Waals surface area contributed by atoms with Crippen molar-refractivity contribution in [3.8, 4) is 0 Å². The van der Waals surface area contributed by atoms with Crippen molar-refractivity contribution in [2.45, 2.75) is 17.7 Å². The van der Waals surface area contributed by atoms with Crippen LogP contribution in [0.3, 0.4) is 0 Å². The normalized spacial score (nSPS) is 11.6. The third kappa shape index (κ3) is 3.29. The molecule has 0 fully saturated rings. The lowest BCUT2D eigenvalue weighted by Crippen LogP contribution is -1.98. The summed E-state index contributed by atoms with van der Waals surface area (Å²) in [5.41, 5.74) is 1.01. The summed E-state index contributed by atoms with van der Waals surface area (Å²) >= 11 is 5.52. The lowest BCUT2D eigenvalue weighted by molar-refractivity contribution is 0.483. The first-order valence-electron chi connectivity index (χ1n) is 4.16. The number of hydrogen-bond donors (Lipinski definition) is 1. The predicted molar refractivity (Wildman–Crippen MR) is 55.3 cm³/mol. The Labute approximate surface area is 88.5 Å². The van der Waals surface area contributed by atoms with E-state index in [0.717, 1.165) is 18.4 Å². The van der Waals surface area contributed by atoms with Gasteiger partial charge in [0.1, 0.15) is 0 Å². The molecule has 1 N–H and O–H groups in total. The van der Waals surface area contributed by atoms with Crippen molar-refractivity contribution in [1.29, 1.82) is 0 Å². The smallest absolute Gasteiger partial charge is 0.282 e. The summed E-state index contributed by atoms with van der Waals surface area (Å²) in [6.07, 6.45) is 1.67. The van der Waals surface area contributed by atoms with Gasteiger partial charge < -0.3 is 0 Å². The molecule has 0 saturated heterocycles. The molecule has 0 unspecified atom stereocenters. The van der Waals surface area contributed by atoms with Crippen LogP contribution in [0.5, 0.6) is 0 Å². The Morgan fingerprint density at radius 3 is 2.21 bits per heavy atom. The maximum atomic E-state index is 10.7. The van der Waals surface area contributed by atoms with E-state index in [1.807, 2.05) is 0 Å². The monoisotopic (exact) mass is 234 g/mol. The van der Waals surface area contributed by atoms with E-state index in [4.69, 9.17) is 16.2 Å². The lowest BCUT2D eigenvalue weighted by atomic mass is 10.1. The summed E-state index contributed by atoms with van der Waals surface area (Å²) in [4.78, 5) is -0.0767. The molecule has 1 aromatic rings. The molecule has 5 heteroatoms. The van der Waals surface area contributed by atoms with Crippen molar-refractivity contribution in [1.82, 2.24) is 0 Å². The van der Waals surface area contributed by atoms with Crippen LogP contribution >= 0.6 is 11.6 Å². The van der Waals surface area contributed by atoms with E-state index in [-0.39, 0.29) is 4.90 Å². The van der Waals surface area contributed by atoms with E-state index in [9.17, 15) is 8.42 Å². The Hall–Kier alpha value is -0.580. The van der Waals surface area contributed by atoms with Crippen molar-refractivity contribution in [3.63, 3.8) is 0 Å². The second-order valence-corrected chi connectivity index (χ2v) is 4.71. The Balaban J connectivity index is 2.79. The average molecular weight is 235 g/mol. The van der Waals surface area contributed by atoms with E-state index in [1.165, 1.54) is 12.1 Å². The van der Waals surface area contributed by atoms with E-state index >= 15 is 0 Å². The van der Waals surface area contributed by atoms with Crippen LogP contribution in [-0.4, -0.2) is 18.9 Å². The van der Waals surface area contributed by atoms with Crippen molar-refractivity contribution in [3.05, 3.63) is 29.8 Å². The quantitative estimate of drug-likeness (QED) is 0.641. The summed E-state index contributed by atoms with van der Waals surface area (Å²) in [6, 6.07) is 6.13. The zero-order chi connectivity index (χ0) is 10.6. The first-order chi connectivity index (χ1) is 6.54. The number of aryl methyl sites for hydroxylation is 1. The molecule has 0 aromatic heterocycles. The van der Waals surface area contributed by atoms with E-state index in [2.05, 4.69) is 0 Å². The zero-order valence-corrected chi connectivity index (χ0v) is 9.05. The van der Waals surface area contributed by atoms with Gasteiger partial charge in [0.15, 0.2) is 0 Å². The molecule has 0 saturated carbocycles. The van der Waals surface area contributed by atoms with Crippen LogP contribution in [0.1, 0.15) is 12.0 Å². The van der Waals surface area contributed by atoms with Gasteiger partial charge in [-0.15, -0.1) is 11.6 Å². The zero-order valence-electron chi connectivity index (χ0n) is 7.48. The molecule has 1 aromatic carbocycles. The van der Waals surface area contributed by atoms with Crippen LogP contribution in [0.4, 0.5) is 0 Å². The van der Waals surface area contributed by atoms with Gasteiger partial charge in [0.2, 0.25) is 0 Å². The van der Waals surface area contributed by atoms with Gasteiger partial charge in [0.05, 0.1) is 4.90 Å². The summed E-state index contributed by atoms with van der Waals surface area (Å²) < 4.78 is 30.1. The second kappa shape index (κ2) is 4.77. The van der Waals surface area contributed by atoms with Gasteiger partial charge in [-0.25, -0.2) is 0 Å². The molecule has 0 radical (unpaired) electrons. The standard InChI is InChI=1S/C9H11ClO3S/c10-7-1-2-8-3-5-9(6-4-8)14(11,12)13/h3-6H,1-2,7H2,(H,11,12,13). The second-order valence-electron chi connectivity index (χ2n) is 2.91. The number of benzene rings is 1. The third-order valence-electron chi connectivity index (χ3n) is 1.82. The van der Waals surface area contributed by atoms with Crippen LogP contribution in [0.25, 0.3) is 0 Å². The molecule has 78 valence electrons. The molecule has 0 amide bonds. The minimum absolute atomic E-state index is 0.0767. The highest BCUT2D eigenvalue weighted by molar-refractivity contribution is 7.85. The molecule has 0 heterocycles. The van der Waals surface area contributed by atoms with Crippen LogP contribution in [-0.2, 0) is 16.5 Å². The predicted octanol–water partition coefficient (Wildman–Crippen LogP) is 2.10. The molecule has 0 bridgehead atoms. The van der Waals surface area contributed by atoms with Crippen molar-refractivity contribution in [2.75, 3.05) is 5.88 Å². The van der Waals surface area contributed by atoms with E-state index < -0.39 is 10.1 Å². The first-order valence-corrected chi connectivity index (χ1v) is 6.14. The number of hydrogen-bond acceptors (Lipinski definition) is 2. The molecule has 0 aliphatic carbocycles. The molecule has 0 atom stereocenters. The summed E-state index contributed by atoms with van der Waals surface area (Å²) in [6.45, 7) is 0.